The standard InChI is InChI=1S/C18H18N2O4/c21-16(10-19-17(22)13-8-9-14(13)18(23)24)20-15-7-3-5-11-4-1-2-6-12(11)15/h1-7,13-14H,8-10H2,(H,19,22)(H,20,21)(H,23,24). The van der Waals surface area contributed by atoms with Gasteiger partial charge in [-0.2, -0.15) is 0 Å². The quantitative estimate of drug-likeness (QED) is 0.783. The van der Waals surface area contributed by atoms with Gasteiger partial charge in [0.25, 0.3) is 0 Å². The highest BCUT2D eigenvalue weighted by molar-refractivity contribution is 6.03. The number of carbonyl (C=O) groups excluding carboxylic acids is 2. The van der Waals surface area contributed by atoms with Crippen molar-refractivity contribution in [2.45, 2.75) is 12.8 Å². The zero-order valence-corrected chi connectivity index (χ0v) is 13.0. The zero-order chi connectivity index (χ0) is 17.1. The van der Waals surface area contributed by atoms with Crippen molar-refractivity contribution in [1.82, 2.24) is 5.32 Å². The molecule has 0 heterocycles. The van der Waals surface area contributed by atoms with Gasteiger partial charge in [-0.3, -0.25) is 14.4 Å². The predicted molar refractivity (Wildman–Crippen MR) is 89.4 cm³/mol. The number of benzene rings is 2. The van der Waals surface area contributed by atoms with Crippen LogP contribution in [-0.2, 0) is 14.4 Å². The fourth-order valence-corrected chi connectivity index (χ4v) is 2.94. The second kappa shape index (κ2) is 6.70. The van der Waals surface area contributed by atoms with Crippen LogP contribution in [0.5, 0.6) is 0 Å². The lowest BCUT2D eigenvalue weighted by molar-refractivity contribution is -0.152. The number of amides is 2. The van der Waals surface area contributed by atoms with Gasteiger partial charge in [0.1, 0.15) is 0 Å². The highest BCUT2D eigenvalue weighted by Gasteiger charge is 2.41. The average molecular weight is 326 g/mol. The van der Waals surface area contributed by atoms with Gasteiger partial charge in [-0.1, -0.05) is 36.4 Å². The molecule has 2 amide bonds. The third-order valence-electron chi connectivity index (χ3n) is 4.42. The SMILES string of the molecule is O=C(CNC(=O)C1CCC1C(=O)O)Nc1cccc2ccccc12. The molecular formula is C18H18N2O4. The summed E-state index contributed by atoms with van der Waals surface area (Å²) in [5, 5.41) is 16.2. The molecule has 2 aromatic rings. The lowest BCUT2D eigenvalue weighted by Crippen LogP contribution is -2.45. The van der Waals surface area contributed by atoms with Gasteiger partial charge >= 0.3 is 5.97 Å². The van der Waals surface area contributed by atoms with Crippen molar-refractivity contribution in [1.29, 1.82) is 0 Å². The first-order valence-corrected chi connectivity index (χ1v) is 7.84. The van der Waals surface area contributed by atoms with E-state index >= 15 is 0 Å². The monoisotopic (exact) mass is 326 g/mol. The van der Waals surface area contributed by atoms with E-state index in [0.717, 1.165) is 10.8 Å². The minimum atomic E-state index is -0.957. The van der Waals surface area contributed by atoms with E-state index in [0.29, 0.717) is 18.5 Å². The molecule has 0 bridgehead atoms. The van der Waals surface area contributed by atoms with Gasteiger partial charge in [-0.05, 0) is 24.3 Å². The summed E-state index contributed by atoms with van der Waals surface area (Å²) in [5.74, 6) is -2.84. The molecule has 0 aromatic heterocycles. The van der Waals surface area contributed by atoms with Crippen molar-refractivity contribution in [3.8, 4) is 0 Å². The van der Waals surface area contributed by atoms with E-state index in [2.05, 4.69) is 10.6 Å². The number of nitrogens with one attached hydrogen (secondary N) is 2. The molecule has 0 aliphatic heterocycles. The van der Waals surface area contributed by atoms with E-state index in [9.17, 15) is 14.4 Å². The van der Waals surface area contributed by atoms with Crippen LogP contribution in [0.1, 0.15) is 12.8 Å². The van der Waals surface area contributed by atoms with Gasteiger partial charge in [0, 0.05) is 11.1 Å². The summed E-state index contributed by atoms with van der Waals surface area (Å²) in [6, 6.07) is 13.3. The summed E-state index contributed by atoms with van der Waals surface area (Å²) < 4.78 is 0. The number of carboxylic acids is 1. The Morgan fingerprint density at radius 3 is 2.42 bits per heavy atom. The molecule has 0 spiro atoms. The van der Waals surface area contributed by atoms with Gasteiger partial charge in [0.15, 0.2) is 0 Å². The Balaban J connectivity index is 1.58. The third kappa shape index (κ3) is 3.22. The average Bonchev–Trinajstić information content (AvgIpc) is 2.52. The maximum atomic E-state index is 12.1. The molecule has 1 fully saturated rings. The number of rotatable bonds is 5. The molecule has 1 aliphatic carbocycles. The van der Waals surface area contributed by atoms with E-state index in [1.165, 1.54) is 0 Å². The van der Waals surface area contributed by atoms with E-state index < -0.39 is 17.8 Å². The van der Waals surface area contributed by atoms with E-state index in [1.807, 2.05) is 36.4 Å². The van der Waals surface area contributed by atoms with Crippen LogP contribution >= 0.6 is 0 Å². The van der Waals surface area contributed by atoms with Gasteiger partial charge in [0.05, 0.1) is 18.4 Å². The van der Waals surface area contributed by atoms with Crippen LogP contribution in [0.3, 0.4) is 0 Å². The predicted octanol–water partition coefficient (Wildman–Crippen LogP) is 2.01. The summed E-state index contributed by atoms with van der Waals surface area (Å²) in [7, 11) is 0. The zero-order valence-electron chi connectivity index (χ0n) is 13.0. The first kappa shape index (κ1) is 16.0. The van der Waals surface area contributed by atoms with Crippen LogP contribution in [0.4, 0.5) is 5.69 Å². The minimum Gasteiger partial charge on any atom is -0.481 e. The second-order valence-electron chi connectivity index (χ2n) is 5.92. The molecule has 6 nitrogen and oxygen atoms in total. The molecule has 1 saturated carbocycles. The fourth-order valence-electron chi connectivity index (χ4n) is 2.94. The van der Waals surface area contributed by atoms with Crippen LogP contribution in [0.2, 0.25) is 0 Å². The Labute approximate surface area is 138 Å². The molecule has 2 atom stereocenters. The number of aliphatic carboxylic acids is 1. The number of hydrogen-bond donors (Lipinski definition) is 3. The Bertz CT molecular complexity index is 797. The van der Waals surface area contributed by atoms with Gasteiger partial charge < -0.3 is 15.7 Å². The Morgan fingerprint density at radius 2 is 1.71 bits per heavy atom. The first-order chi connectivity index (χ1) is 11.6. The largest absolute Gasteiger partial charge is 0.481 e. The van der Waals surface area contributed by atoms with Crippen molar-refractivity contribution < 1.29 is 19.5 Å². The minimum absolute atomic E-state index is 0.176. The Morgan fingerprint density at radius 1 is 1.00 bits per heavy atom. The number of carboxylic acid groups (broad SMARTS) is 1. The maximum absolute atomic E-state index is 12.1. The summed E-state index contributed by atoms with van der Waals surface area (Å²) in [6.45, 7) is -0.176. The van der Waals surface area contributed by atoms with Crippen molar-refractivity contribution >= 4 is 34.2 Å². The van der Waals surface area contributed by atoms with Gasteiger partial charge in [0.2, 0.25) is 11.8 Å². The topological polar surface area (TPSA) is 95.5 Å². The van der Waals surface area contributed by atoms with Crippen LogP contribution in [0.25, 0.3) is 10.8 Å². The highest BCUT2D eigenvalue weighted by Crippen LogP contribution is 2.34. The third-order valence-corrected chi connectivity index (χ3v) is 4.42. The second-order valence-corrected chi connectivity index (χ2v) is 5.92. The summed E-state index contributed by atoms with van der Waals surface area (Å²) in [5.41, 5.74) is 0.680. The molecule has 3 rings (SSSR count). The summed E-state index contributed by atoms with van der Waals surface area (Å²) >= 11 is 0. The van der Waals surface area contributed by atoms with Crippen molar-refractivity contribution in [2.24, 2.45) is 11.8 Å². The van der Waals surface area contributed by atoms with Crippen LogP contribution in [0, 0.1) is 11.8 Å². The van der Waals surface area contributed by atoms with E-state index in [4.69, 9.17) is 5.11 Å². The van der Waals surface area contributed by atoms with Crippen LogP contribution in [0.15, 0.2) is 42.5 Å². The van der Waals surface area contributed by atoms with E-state index in [-0.39, 0.29) is 18.4 Å². The lowest BCUT2D eigenvalue weighted by atomic mass is 9.73. The molecule has 24 heavy (non-hydrogen) atoms. The summed E-state index contributed by atoms with van der Waals surface area (Å²) in [6.07, 6.45) is 1.06. The summed E-state index contributed by atoms with van der Waals surface area (Å²) in [4.78, 5) is 35.0. The molecule has 2 aromatic carbocycles. The number of hydrogen-bond acceptors (Lipinski definition) is 3. The molecule has 124 valence electrons. The molecule has 3 N–H and O–H groups in total. The Hall–Kier alpha value is -2.89. The molecule has 2 unspecified atom stereocenters. The normalized spacial score (nSPS) is 19.3. The fraction of sp³-hybridized carbons (Fsp3) is 0.278. The van der Waals surface area contributed by atoms with Crippen LogP contribution < -0.4 is 10.6 Å². The molecular weight excluding hydrogens is 308 g/mol. The highest BCUT2D eigenvalue weighted by atomic mass is 16.4. The number of fused-ring (bicyclic) bond motifs is 1. The van der Waals surface area contributed by atoms with Crippen molar-refractivity contribution in [3.05, 3.63) is 42.5 Å². The molecule has 0 radical (unpaired) electrons. The maximum Gasteiger partial charge on any atom is 0.307 e. The lowest BCUT2D eigenvalue weighted by Gasteiger charge is -2.31. The number of anilines is 1. The first-order valence-electron chi connectivity index (χ1n) is 7.84. The van der Waals surface area contributed by atoms with Gasteiger partial charge in [-0.25, -0.2) is 0 Å². The molecule has 1 aliphatic rings. The smallest absolute Gasteiger partial charge is 0.307 e. The van der Waals surface area contributed by atoms with Crippen molar-refractivity contribution in [3.63, 3.8) is 0 Å². The molecule has 0 saturated heterocycles. The van der Waals surface area contributed by atoms with Gasteiger partial charge in [-0.15, -0.1) is 0 Å². The van der Waals surface area contributed by atoms with E-state index in [1.54, 1.807) is 6.07 Å². The molecule has 6 heteroatoms. The van der Waals surface area contributed by atoms with Crippen molar-refractivity contribution in [2.75, 3.05) is 11.9 Å². The number of carbonyl (C=O) groups is 3. The Kier molecular flexibility index (Phi) is 4.46. The van der Waals surface area contributed by atoms with Crippen LogP contribution in [-0.4, -0.2) is 29.4 Å².